The molecule has 21 heavy (non-hydrogen) atoms. The Labute approximate surface area is 121 Å². The maximum Gasteiger partial charge on any atom is 0.349 e. The van der Waals surface area contributed by atoms with Gasteiger partial charge in [-0.2, -0.15) is 4.98 Å². The van der Waals surface area contributed by atoms with Crippen molar-refractivity contribution in [3.63, 3.8) is 0 Å². The Hall–Kier alpha value is -2.70. The van der Waals surface area contributed by atoms with Crippen LogP contribution in [0.2, 0.25) is 0 Å². The van der Waals surface area contributed by atoms with Crippen molar-refractivity contribution in [3.05, 3.63) is 46.1 Å². The predicted molar refractivity (Wildman–Crippen MR) is 78.2 cm³/mol. The molecular formula is C14H16N4O3. The first kappa shape index (κ1) is 14.7. The Morgan fingerprint density at radius 1 is 1.33 bits per heavy atom. The zero-order valence-electron chi connectivity index (χ0n) is 11.7. The lowest BCUT2D eigenvalue weighted by atomic mass is 10.1. The first-order chi connectivity index (χ1) is 10.1. The monoisotopic (exact) mass is 288 g/mol. The van der Waals surface area contributed by atoms with Gasteiger partial charge in [-0.3, -0.25) is 10.1 Å². The Kier molecular flexibility index (Phi) is 4.65. The zero-order chi connectivity index (χ0) is 15.2. The molecule has 2 rings (SSSR count). The SMILES string of the molecule is CCCCc1ccc(Oc2nc(N)ncc2[N+](=O)[O-])cc1. The number of hydrogen-bond donors (Lipinski definition) is 1. The highest BCUT2D eigenvalue weighted by Crippen LogP contribution is 2.29. The number of rotatable bonds is 6. The minimum Gasteiger partial charge on any atom is -0.434 e. The molecule has 0 amide bonds. The summed E-state index contributed by atoms with van der Waals surface area (Å²) in [6.45, 7) is 2.14. The highest BCUT2D eigenvalue weighted by Gasteiger charge is 2.19. The van der Waals surface area contributed by atoms with E-state index >= 15 is 0 Å². The number of anilines is 1. The van der Waals surface area contributed by atoms with Crippen molar-refractivity contribution in [1.29, 1.82) is 0 Å². The summed E-state index contributed by atoms with van der Waals surface area (Å²) >= 11 is 0. The van der Waals surface area contributed by atoms with E-state index in [1.54, 1.807) is 12.1 Å². The Morgan fingerprint density at radius 3 is 2.67 bits per heavy atom. The van der Waals surface area contributed by atoms with Gasteiger partial charge in [-0.15, -0.1) is 0 Å². The molecule has 1 heterocycles. The molecule has 7 heteroatoms. The fourth-order valence-electron chi connectivity index (χ4n) is 1.79. The van der Waals surface area contributed by atoms with Gasteiger partial charge in [0, 0.05) is 0 Å². The molecule has 110 valence electrons. The van der Waals surface area contributed by atoms with Gasteiger partial charge < -0.3 is 10.5 Å². The first-order valence-corrected chi connectivity index (χ1v) is 6.64. The molecule has 0 saturated heterocycles. The maximum absolute atomic E-state index is 10.9. The van der Waals surface area contributed by atoms with Crippen LogP contribution in [0, 0.1) is 10.1 Å². The predicted octanol–water partition coefficient (Wildman–Crippen LogP) is 3.10. The summed E-state index contributed by atoms with van der Waals surface area (Å²) in [4.78, 5) is 17.7. The van der Waals surface area contributed by atoms with Crippen LogP contribution < -0.4 is 10.5 Å². The molecule has 0 fully saturated rings. The van der Waals surface area contributed by atoms with Gasteiger partial charge in [0.1, 0.15) is 11.9 Å². The van der Waals surface area contributed by atoms with Gasteiger partial charge in [0.15, 0.2) is 0 Å². The van der Waals surface area contributed by atoms with Crippen molar-refractivity contribution in [2.75, 3.05) is 5.73 Å². The number of nitrogens with two attached hydrogens (primary N) is 1. The Bertz CT molecular complexity index is 629. The summed E-state index contributed by atoms with van der Waals surface area (Å²) in [5.41, 5.74) is 6.31. The van der Waals surface area contributed by atoms with E-state index in [-0.39, 0.29) is 17.5 Å². The molecule has 2 N–H and O–H groups in total. The van der Waals surface area contributed by atoms with Crippen LogP contribution >= 0.6 is 0 Å². The van der Waals surface area contributed by atoms with Crippen molar-refractivity contribution in [2.24, 2.45) is 0 Å². The van der Waals surface area contributed by atoms with Crippen LogP contribution in [-0.4, -0.2) is 14.9 Å². The van der Waals surface area contributed by atoms with Gasteiger partial charge in [0.2, 0.25) is 5.95 Å². The molecule has 0 aliphatic carbocycles. The van der Waals surface area contributed by atoms with Gasteiger partial charge >= 0.3 is 11.6 Å². The molecule has 2 aromatic rings. The Morgan fingerprint density at radius 2 is 2.05 bits per heavy atom. The van der Waals surface area contributed by atoms with Gasteiger partial charge in [-0.1, -0.05) is 25.5 Å². The van der Waals surface area contributed by atoms with Crippen LogP contribution in [0.4, 0.5) is 11.6 Å². The molecule has 0 atom stereocenters. The molecular weight excluding hydrogens is 272 g/mol. The number of nitrogens with zero attached hydrogens (tertiary/aromatic N) is 3. The van der Waals surface area contributed by atoms with E-state index in [2.05, 4.69) is 16.9 Å². The smallest absolute Gasteiger partial charge is 0.349 e. The van der Waals surface area contributed by atoms with Crippen molar-refractivity contribution < 1.29 is 9.66 Å². The van der Waals surface area contributed by atoms with E-state index in [0.717, 1.165) is 25.5 Å². The Balaban J connectivity index is 2.18. The summed E-state index contributed by atoms with van der Waals surface area (Å²) < 4.78 is 5.44. The number of benzene rings is 1. The number of aromatic nitrogens is 2. The minimum atomic E-state index is -0.607. The van der Waals surface area contributed by atoms with Crippen LogP contribution in [0.3, 0.4) is 0 Å². The van der Waals surface area contributed by atoms with E-state index in [0.29, 0.717) is 5.75 Å². The normalized spacial score (nSPS) is 10.3. The van der Waals surface area contributed by atoms with Gasteiger partial charge in [0.05, 0.1) is 4.92 Å². The highest BCUT2D eigenvalue weighted by atomic mass is 16.6. The third-order valence-electron chi connectivity index (χ3n) is 2.91. The highest BCUT2D eigenvalue weighted by molar-refractivity contribution is 5.44. The van der Waals surface area contributed by atoms with E-state index in [1.165, 1.54) is 5.56 Å². The first-order valence-electron chi connectivity index (χ1n) is 6.64. The van der Waals surface area contributed by atoms with Crippen LogP contribution in [0.5, 0.6) is 11.6 Å². The third-order valence-corrected chi connectivity index (χ3v) is 2.91. The van der Waals surface area contributed by atoms with Crippen LogP contribution in [0.1, 0.15) is 25.3 Å². The average Bonchev–Trinajstić information content (AvgIpc) is 2.46. The van der Waals surface area contributed by atoms with Crippen LogP contribution in [0.25, 0.3) is 0 Å². The molecule has 0 aliphatic rings. The van der Waals surface area contributed by atoms with Gasteiger partial charge in [-0.25, -0.2) is 4.98 Å². The largest absolute Gasteiger partial charge is 0.434 e. The molecule has 1 aromatic carbocycles. The van der Waals surface area contributed by atoms with Crippen LogP contribution in [-0.2, 0) is 6.42 Å². The number of hydrogen-bond acceptors (Lipinski definition) is 6. The second-order valence-corrected chi connectivity index (χ2v) is 4.53. The lowest BCUT2D eigenvalue weighted by molar-refractivity contribution is -0.386. The molecule has 0 unspecified atom stereocenters. The number of nitro groups is 1. The maximum atomic E-state index is 10.9. The van der Waals surface area contributed by atoms with Crippen LogP contribution in [0.15, 0.2) is 30.5 Å². The molecule has 0 radical (unpaired) electrons. The summed E-state index contributed by atoms with van der Waals surface area (Å²) in [7, 11) is 0. The summed E-state index contributed by atoms with van der Waals surface area (Å²) in [6, 6.07) is 7.38. The second kappa shape index (κ2) is 6.65. The third kappa shape index (κ3) is 3.88. The van der Waals surface area contributed by atoms with Crippen molar-refractivity contribution in [1.82, 2.24) is 9.97 Å². The minimum absolute atomic E-state index is 0.0739. The topological polar surface area (TPSA) is 104 Å². The zero-order valence-corrected chi connectivity index (χ0v) is 11.7. The average molecular weight is 288 g/mol. The molecule has 1 aromatic heterocycles. The molecule has 0 spiro atoms. The lowest BCUT2D eigenvalue weighted by Gasteiger charge is -2.06. The fourth-order valence-corrected chi connectivity index (χ4v) is 1.79. The summed E-state index contributed by atoms with van der Waals surface area (Å²) in [5.74, 6) is 0.237. The number of aryl methyl sites for hydroxylation is 1. The van der Waals surface area contributed by atoms with E-state index in [9.17, 15) is 10.1 Å². The quantitative estimate of drug-likeness (QED) is 0.647. The number of ether oxygens (including phenoxy) is 1. The lowest BCUT2D eigenvalue weighted by Crippen LogP contribution is -2.01. The van der Waals surface area contributed by atoms with Crippen molar-refractivity contribution >= 4 is 11.6 Å². The van der Waals surface area contributed by atoms with Crippen molar-refractivity contribution in [2.45, 2.75) is 26.2 Å². The second-order valence-electron chi connectivity index (χ2n) is 4.53. The summed E-state index contributed by atoms with van der Waals surface area (Å²) in [5, 5.41) is 10.9. The molecule has 7 nitrogen and oxygen atoms in total. The number of unbranched alkanes of at least 4 members (excludes halogenated alkanes) is 1. The summed E-state index contributed by atoms with van der Waals surface area (Å²) in [6.07, 6.45) is 4.28. The number of nitrogen functional groups attached to an aromatic ring is 1. The van der Waals surface area contributed by atoms with Crippen molar-refractivity contribution in [3.8, 4) is 11.6 Å². The van der Waals surface area contributed by atoms with Gasteiger partial charge in [0.25, 0.3) is 0 Å². The molecule has 0 aliphatic heterocycles. The van der Waals surface area contributed by atoms with E-state index in [1.807, 2.05) is 12.1 Å². The standard InChI is InChI=1S/C14H16N4O3/c1-2-3-4-10-5-7-11(8-6-10)21-13-12(18(19)20)9-16-14(15)17-13/h5-9H,2-4H2,1H3,(H2,15,16,17). The fraction of sp³-hybridized carbons (Fsp3) is 0.286. The molecule has 0 saturated carbocycles. The van der Waals surface area contributed by atoms with E-state index < -0.39 is 4.92 Å². The molecule has 0 bridgehead atoms. The van der Waals surface area contributed by atoms with E-state index in [4.69, 9.17) is 10.5 Å². The van der Waals surface area contributed by atoms with Gasteiger partial charge in [-0.05, 0) is 30.5 Å².